The van der Waals surface area contributed by atoms with Crippen molar-refractivity contribution in [3.8, 4) is 0 Å². The number of hydrogen-bond acceptors (Lipinski definition) is 1. The lowest BCUT2D eigenvalue weighted by atomic mass is 9.64. The molecular weight excluding hydrogens is 248 g/mol. The van der Waals surface area contributed by atoms with Crippen LogP contribution in [0.15, 0.2) is 54.1 Å². The van der Waals surface area contributed by atoms with Crippen molar-refractivity contribution in [1.29, 1.82) is 0 Å². The van der Waals surface area contributed by atoms with Crippen molar-refractivity contribution in [2.24, 2.45) is 5.73 Å². The molecule has 1 aliphatic carbocycles. The Labute approximate surface area is 120 Å². The van der Waals surface area contributed by atoms with Gasteiger partial charge >= 0.3 is 6.03 Å². The highest BCUT2D eigenvalue weighted by Crippen LogP contribution is 2.41. The van der Waals surface area contributed by atoms with Crippen LogP contribution < -0.4 is 11.1 Å². The fourth-order valence-electron chi connectivity index (χ4n) is 2.94. The Balaban J connectivity index is 2.49. The summed E-state index contributed by atoms with van der Waals surface area (Å²) in [6.07, 6.45) is 6.88. The predicted molar refractivity (Wildman–Crippen MR) is 82.4 cm³/mol. The zero-order chi connectivity index (χ0) is 14.8. The summed E-state index contributed by atoms with van der Waals surface area (Å²) in [5.74, 6) is 0. The van der Waals surface area contributed by atoms with E-state index in [9.17, 15) is 4.79 Å². The van der Waals surface area contributed by atoms with E-state index in [2.05, 4.69) is 50.4 Å². The van der Waals surface area contributed by atoms with Crippen LogP contribution in [0, 0.1) is 0 Å². The van der Waals surface area contributed by atoms with Crippen LogP contribution in [0.3, 0.4) is 0 Å². The molecule has 1 unspecified atom stereocenters. The Bertz CT molecular complexity index is 554. The minimum absolute atomic E-state index is 0.269. The first-order valence-corrected chi connectivity index (χ1v) is 6.85. The lowest BCUT2D eigenvalue weighted by Gasteiger charge is -2.47. The number of nitrogens with one attached hydrogen (secondary N) is 1. The van der Waals surface area contributed by atoms with Gasteiger partial charge in [-0.1, -0.05) is 68.0 Å². The van der Waals surface area contributed by atoms with Crippen LogP contribution in [0.4, 0.5) is 4.79 Å². The molecular formula is C17H22N2O. The molecule has 0 fully saturated rings. The molecule has 20 heavy (non-hydrogen) atoms. The molecule has 106 valence electrons. The maximum Gasteiger partial charge on any atom is 0.312 e. The predicted octanol–water partition coefficient (Wildman–Crippen LogP) is 3.28. The molecule has 0 aliphatic heterocycles. The molecule has 0 heterocycles. The van der Waals surface area contributed by atoms with E-state index in [1.165, 1.54) is 11.1 Å². The Hall–Kier alpha value is -2.03. The van der Waals surface area contributed by atoms with Gasteiger partial charge in [0.05, 0.1) is 5.54 Å². The SMILES string of the molecule is CC1=CC=CC(NC(N)=O)(C(C)(C)c2ccccc2)C1. The van der Waals surface area contributed by atoms with E-state index in [0.29, 0.717) is 0 Å². The van der Waals surface area contributed by atoms with Gasteiger partial charge in [0.15, 0.2) is 0 Å². The van der Waals surface area contributed by atoms with Gasteiger partial charge in [0.1, 0.15) is 0 Å². The minimum atomic E-state index is -0.501. The quantitative estimate of drug-likeness (QED) is 0.870. The molecule has 0 saturated heterocycles. The summed E-state index contributed by atoms with van der Waals surface area (Å²) in [6.45, 7) is 6.35. The van der Waals surface area contributed by atoms with Crippen molar-refractivity contribution in [3.63, 3.8) is 0 Å². The summed E-state index contributed by atoms with van der Waals surface area (Å²) in [4.78, 5) is 11.5. The standard InChI is InChI=1S/C17H22N2O/c1-13-8-7-11-17(12-13,19-15(18)20)16(2,3)14-9-5-4-6-10-14/h4-11H,12H2,1-3H3,(H3,18,19,20). The topological polar surface area (TPSA) is 55.1 Å². The molecule has 1 aromatic carbocycles. The van der Waals surface area contributed by atoms with Crippen molar-refractivity contribution in [1.82, 2.24) is 5.32 Å². The number of rotatable bonds is 3. The minimum Gasteiger partial charge on any atom is -0.352 e. The number of allylic oxidation sites excluding steroid dienone is 2. The van der Waals surface area contributed by atoms with Crippen LogP contribution in [0.5, 0.6) is 0 Å². The molecule has 0 aromatic heterocycles. The molecule has 0 saturated carbocycles. The number of carbonyl (C=O) groups is 1. The number of primary amides is 1. The van der Waals surface area contributed by atoms with Crippen LogP contribution >= 0.6 is 0 Å². The number of hydrogen-bond donors (Lipinski definition) is 2. The molecule has 1 aromatic rings. The summed E-state index contributed by atoms with van der Waals surface area (Å²) in [6, 6.07) is 9.72. The maximum atomic E-state index is 11.5. The van der Waals surface area contributed by atoms with Crippen molar-refractivity contribution >= 4 is 6.03 Å². The van der Waals surface area contributed by atoms with Gasteiger partial charge in [0.2, 0.25) is 0 Å². The van der Waals surface area contributed by atoms with Crippen molar-refractivity contribution in [3.05, 3.63) is 59.7 Å². The Kier molecular flexibility index (Phi) is 3.71. The molecule has 3 heteroatoms. The Morgan fingerprint density at radius 2 is 1.95 bits per heavy atom. The van der Waals surface area contributed by atoms with Crippen molar-refractivity contribution < 1.29 is 4.79 Å². The number of carbonyl (C=O) groups excluding carboxylic acids is 1. The first-order valence-electron chi connectivity index (χ1n) is 6.85. The second-order valence-electron chi connectivity index (χ2n) is 6.00. The van der Waals surface area contributed by atoms with Gasteiger partial charge in [-0.05, 0) is 18.9 Å². The third-order valence-corrected chi connectivity index (χ3v) is 4.28. The zero-order valence-corrected chi connectivity index (χ0v) is 12.3. The van der Waals surface area contributed by atoms with Gasteiger partial charge in [-0.3, -0.25) is 0 Å². The highest BCUT2D eigenvalue weighted by Gasteiger charge is 2.45. The number of urea groups is 1. The van der Waals surface area contributed by atoms with Gasteiger partial charge < -0.3 is 11.1 Å². The molecule has 0 spiro atoms. The molecule has 1 aliphatic rings. The Morgan fingerprint density at radius 1 is 1.30 bits per heavy atom. The molecule has 2 rings (SSSR count). The second-order valence-corrected chi connectivity index (χ2v) is 6.00. The van der Waals surface area contributed by atoms with E-state index in [4.69, 9.17) is 5.73 Å². The average Bonchev–Trinajstić information content (AvgIpc) is 2.38. The third-order valence-electron chi connectivity index (χ3n) is 4.28. The van der Waals surface area contributed by atoms with Crippen LogP contribution in [0.25, 0.3) is 0 Å². The molecule has 1 atom stereocenters. The molecule has 3 nitrogen and oxygen atoms in total. The summed E-state index contributed by atoms with van der Waals surface area (Å²) < 4.78 is 0. The zero-order valence-electron chi connectivity index (χ0n) is 12.3. The fourth-order valence-corrected chi connectivity index (χ4v) is 2.94. The normalized spacial score (nSPS) is 22.2. The van der Waals surface area contributed by atoms with E-state index >= 15 is 0 Å². The van der Waals surface area contributed by atoms with Crippen LogP contribution in [0.1, 0.15) is 32.8 Å². The smallest absolute Gasteiger partial charge is 0.312 e. The van der Waals surface area contributed by atoms with Gasteiger partial charge in [-0.2, -0.15) is 0 Å². The monoisotopic (exact) mass is 270 g/mol. The van der Waals surface area contributed by atoms with E-state index in [1.54, 1.807) is 0 Å². The van der Waals surface area contributed by atoms with Crippen LogP contribution in [0.2, 0.25) is 0 Å². The number of benzene rings is 1. The Morgan fingerprint density at radius 3 is 2.50 bits per heavy atom. The lowest BCUT2D eigenvalue weighted by Crippen LogP contribution is -2.60. The first-order chi connectivity index (χ1) is 9.37. The molecule has 0 radical (unpaired) electrons. The highest BCUT2D eigenvalue weighted by atomic mass is 16.2. The van der Waals surface area contributed by atoms with E-state index < -0.39 is 11.6 Å². The van der Waals surface area contributed by atoms with Crippen LogP contribution in [-0.4, -0.2) is 11.6 Å². The van der Waals surface area contributed by atoms with E-state index in [-0.39, 0.29) is 5.41 Å². The summed E-state index contributed by atoms with van der Waals surface area (Å²) in [5, 5.41) is 2.98. The van der Waals surface area contributed by atoms with Gasteiger partial charge in [0, 0.05) is 5.41 Å². The molecule has 2 amide bonds. The van der Waals surface area contributed by atoms with Gasteiger partial charge in [-0.25, -0.2) is 4.79 Å². The molecule has 3 N–H and O–H groups in total. The average molecular weight is 270 g/mol. The maximum absolute atomic E-state index is 11.5. The number of nitrogens with two attached hydrogens (primary N) is 1. The summed E-state index contributed by atoms with van der Waals surface area (Å²) in [7, 11) is 0. The number of amides is 2. The fraction of sp³-hybridized carbons (Fsp3) is 0.353. The van der Waals surface area contributed by atoms with Gasteiger partial charge in [0.25, 0.3) is 0 Å². The second kappa shape index (κ2) is 5.16. The third kappa shape index (κ3) is 2.48. The molecule has 0 bridgehead atoms. The summed E-state index contributed by atoms with van der Waals surface area (Å²) in [5.41, 5.74) is 7.06. The van der Waals surface area contributed by atoms with E-state index in [1.807, 2.05) is 24.3 Å². The summed E-state index contributed by atoms with van der Waals surface area (Å²) >= 11 is 0. The van der Waals surface area contributed by atoms with Crippen LogP contribution in [-0.2, 0) is 5.41 Å². The first kappa shape index (κ1) is 14.4. The largest absolute Gasteiger partial charge is 0.352 e. The van der Waals surface area contributed by atoms with Crippen molar-refractivity contribution in [2.75, 3.05) is 0 Å². The highest BCUT2D eigenvalue weighted by molar-refractivity contribution is 5.74. The van der Waals surface area contributed by atoms with E-state index in [0.717, 1.165) is 6.42 Å². The lowest BCUT2D eigenvalue weighted by molar-refractivity contribution is 0.215. The van der Waals surface area contributed by atoms with Gasteiger partial charge in [-0.15, -0.1) is 0 Å². The van der Waals surface area contributed by atoms with Crippen molar-refractivity contribution in [2.45, 2.75) is 38.1 Å².